The lowest BCUT2D eigenvalue weighted by Gasteiger charge is -2.24. The molecular formula is C49H25F5N2O2. The fourth-order valence-corrected chi connectivity index (χ4v) is 9.17. The molecule has 12 aromatic rings. The summed E-state index contributed by atoms with van der Waals surface area (Å²) >= 11 is 0. The number of furan rings is 2. The summed E-state index contributed by atoms with van der Waals surface area (Å²) in [5, 5.41) is 5.85. The zero-order valence-electron chi connectivity index (χ0n) is 30.0. The van der Waals surface area contributed by atoms with Crippen LogP contribution in [0.15, 0.2) is 160 Å². The van der Waals surface area contributed by atoms with Crippen molar-refractivity contribution in [1.82, 2.24) is 9.13 Å². The van der Waals surface area contributed by atoms with Gasteiger partial charge in [-0.05, 0) is 60.2 Å². The first-order valence-corrected chi connectivity index (χ1v) is 18.6. The van der Waals surface area contributed by atoms with Gasteiger partial charge in [0.05, 0.1) is 33.4 Å². The van der Waals surface area contributed by atoms with E-state index < -0.39 is 23.4 Å². The topological polar surface area (TPSA) is 36.1 Å². The molecule has 4 heterocycles. The van der Waals surface area contributed by atoms with Gasteiger partial charge in [0.15, 0.2) is 11.2 Å². The summed E-state index contributed by atoms with van der Waals surface area (Å²) in [4.78, 5) is 0. The van der Waals surface area contributed by atoms with Crippen molar-refractivity contribution in [2.75, 3.05) is 0 Å². The van der Waals surface area contributed by atoms with Gasteiger partial charge in [0.1, 0.15) is 28.4 Å². The third kappa shape index (κ3) is 4.44. The van der Waals surface area contributed by atoms with Crippen LogP contribution in [0, 0.1) is 11.6 Å². The van der Waals surface area contributed by atoms with E-state index in [9.17, 15) is 0 Å². The Labute approximate surface area is 324 Å². The average Bonchev–Trinajstić information content (AvgIpc) is 3.97. The molecule has 0 aliphatic rings. The lowest BCUT2D eigenvalue weighted by atomic mass is 9.96. The van der Waals surface area contributed by atoms with Crippen LogP contribution in [-0.4, -0.2) is 9.13 Å². The van der Waals surface area contributed by atoms with E-state index in [0.717, 1.165) is 33.7 Å². The minimum absolute atomic E-state index is 0.0279. The van der Waals surface area contributed by atoms with Crippen molar-refractivity contribution in [3.05, 3.63) is 169 Å². The molecule has 0 fully saturated rings. The van der Waals surface area contributed by atoms with Crippen LogP contribution in [0.2, 0.25) is 0 Å². The Bertz CT molecular complexity index is 3690. The van der Waals surface area contributed by atoms with Gasteiger partial charge in [0.2, 0.25) is 0 Å². The van der Waals surface area contributed by atoms with Gasteiger partial charge in [-0.3, -0.25) is 0 Å². The van der Waals surface area contributed by atoms with Crippen molar-refractivity contribution in [1.29, 1.82) is 0 Å². The van der Waals surface area contributed by atoms with Crippen LogP contribution < -0.4 is 0 Å². The van der Waals surface area contributed by atoms with Crippen LogP contribution in [0.25, 0.3) is 110 Å². The Morgan fingerprint density at radius 3 is 1.45 bits per heavy atom. The number of nitrogens with zero attached hydrogens (tertiary/aromatic N) is 2. The second-order valence-corrected chi connectivity index (χ2v) is 14.6. The molecule has 0 unspecified atom stereocenters. The van der Waals surface area contributed by atoms with E-state index in [1.165, 1.54) is 12.1 Å². The van der Waals surface area contributed by atoms with Crippen LogP contribution in [0.5, 0.6) is 0 Å². The molecule has 0 aliphatic heterocycles. The quantitative estimate of drug-likeness (QED) is 0.168. The molecule has 0 aliphatic carbocycles. The predicted molar refractivity (Wildman–Crippen MR) is 220 cm³/mol. The van der Waals surface area contributed by atoms with Crippen molar-refractivity contribution in [2.45, 2.75) is 6.18 Å². The lowest BCUT2D eigenvalue weighted by molar-refractivity contribution is -0.137. The summed E-state index contributed by atoms with van der Waals surface area (Å²) in [7, 11) is 0. The molecule has 4 aromatic heterocycles. The third-order valence-corrected chi connectivity index (χ3v) is 11.4. The second-order valence-electron chi connectivity index (χ2n) is 14.6. The number of para-hydroxylation sites is 4. The van der Waals surface area contributed by atoms with Gasteiger partial charge in [-0.15, -0.1) is 0 Å². The number of alkyl halides is 3. The van der Waals surface area contributed by atoms with Crippen molar-refractivity contribution >= 4 is 87.5 Å². The summed E-state index contributed by atoms with van der Waals surface area (Å²) in [6.45, 7) is 0. The minimum atomic E-state index is -5.02. The zero-order valence-corrected chi connectivity index (χ0v) is 30.0. The van der Waals surface area contributed by atoms with Crippen LogP contribution in [0.3, 0.4) is 0 Å². The minimum Gasteiger partial charge on any atom is -0.454 e. The Balaban J connectivity index is 1.33. The summed E-state index contributed by atoms with van der Waals surface area (Å²) in [6.07, 6.45) is -5.02. The molecule has 0 atom stereocenters. The second kappa shape index (κ2) is 11.6. The smallest absolute Gasteiger partial charge is 0.420 e. The molecule has 0 amide bonds. The SMILES string of the molecule is Fc1cc(F)cc(-c2ccc(-n3c4ccccc4c4ccc5c6ccccc6oc5c43)c(C(F)(F)F)c2-n2c3ccccc3c3ccc4c5ccccc5oc4c32)c1. The van der Waals surface area contributed by atoms with Gasteiger partial charge in [-0.2, -0.15) is 13.2 Å². The Morgan fingerprint density at radius 1 is 0.431 bits per heavy atom. The number of aromatic nitrogens is 2. The fraction of sp³-hybridized carbons (Fsp3) is 0.0204. The van der Waals surface area contributed by atoms with Crippen LogP contribution in [0.4, 0.5) is 22.0 Å². The maximum absolute atomic E-state index is 16.7. The van der Waals surface area contributed by atoms with E-state index in [4.69, 9.17) is 8.83 Å². The Morgan fingerprint density at radius 2 is 0.897 bits per heavy atom. The third-order valence-electron chi connectivity index (χ3n) is 11.4. The Hall–Kier alpha value is -7.39. The number of hydrogen-bond donors (Lipinski definition) is 0. The molecule has 0 bridgehead atoms. The standard InChI is InChI=1S/C49H25F5N2O2/c50-27-23-26(24-28(51)25-27)29-21-22-40(55-38-13-5-1-9-30(38)34-17-19-36-32-11-3-7-15-41(32)57-47(36)45(34)55)43(49(52,53)54)44(29)56-39-14-6-2-10-31(39)35-18-20-37-33-12-4-8-16-42(33)58-48(37)46(35)56/h1-25H. The van der Waals surface area contributed by atoms with Crippen LogP contribution in [0.1, 0.15) is 5.56 Å². The molecular weight excluding hydrogens is 744 g/mol. The average molecular weight is 769 g/mol. The highest BCUT2D eigenvalue weighted by Gasteiger charge is 2.41. The number of fused-ring (bicyclic) bond motifs is 14. The summed E-state index contributed by atoms with van der Waals surface area (Å²) in [5.41, 5.74) is 2.20. The largest absolute Gasteiger partial charge is 0.454 e. The van der Waals surface area contributed by atoms with Gasteiger partial charge < -0.3 is 18.0 Å². The number of hydrogen-bond acceptors (Lipinski definition) is 2. The van der Waals surface area contributed by atoms with E-state index in [2.05, 4.69) is 0 Å². The zero-order chi connectivity index (χ0) is 39.0. The van der Waals surface area contributed by atoms with E-state index in [1.807, 2.05) is 97.1 Å². The van der Waals surface area contributed by atoms with Crippen LogP contribution >= 0.6 is 0 Å². The molecule has 8 aromatic carbocycles. The van der Waals surface area contributed by atoms with Crippen molar-refractivity contribution in [3.8, 4) is 22.5 Å². The van der Waals surface area contributed by atoms with Gasteiger partial charge in [-0.25, -0.2) is 8.78 Å². The van der Waals surface area contributed by atoms with Crippen molar-refractivity contribution in [2.24, 2.45) is 0 Å². The monoisotopic (exact) mass is 768 g/mol. The molecule has 278 valence electrons. The first-order chi connectivity index (χ1) is 28.2. The van der Waals surface area contributed by atoms with Gasteiger partial charge >= 0.3 is 6.18 Å². The highest BCUT2D eigenvalue weighted by molar-refractivity contribution is 6.23. The maximum atomic E-state index is 16.7. The van der Waals surface area contributed by atoms with Crippen molar-refractivity contribution < 1.29 is 30.8 Å². The normalized spacial score (nSPS) is 12.6. The molecule has 12 rings (SSSR count). The molecule has 0 saturated heterocycles. The van der Waals surface area contributed by atoms with E-state index in [0.29, 0.717) is 72.0 Å². The van der Waals surface area contributed by atoms with Crippen LogP contribution in [-0.2, 0) is 6.18 Å². The lowest BCUT2D eigenvalue weighted by Crippen LogP contribution is -2.17. The fourth-order valence-electron chi connectivity index (χ4n) is 9.17. The Kier molecular flexibility index (Phi) is 6.55. The summed E-state index contributed by atoms with van der Waals surface area (Å²) < 4.78 is 96.5. The molecule has 0 N–H and O–H groups in total. The molecule has 0 spiro atoms. The molecule has 0 radical (unpaired) electrons. The number of halogens is 5. The summed E-state index contributed by atoms with van der Waals surface area (Å²) in [5.74, 6) is -1.84. The first-order valence-electron chi connectivity index (χ1n) is 18.6. The first kappa shape index (κ1) is 32.8. The highest BCUT2D eigenvalue weighted by Crippen LogP contribution is 2.50. The molecule has 9 heteroatoms. The van der Waals surface area contributed by atoms with Gasteiger partial charge in [0, 0.05) is 54.7 Å². The van der Waals surface area contributed by atoms with Gasteiger partial charge in [-0.1, -0.05) is 91.0 Å². The maximum Gasteiger partial charge on any atom is 0.420 e. The highest BCUT2D eigenvalue weighted by atomic mass is 19.4. The van der Waals surface area contributed by atoms with Gasteiger partial charge in [0.25, 0.3) is 0 Å². The molecule has 0 saturated carbocycles. The number of rotatable bonds is 3. The number of benzene rings is 8. The van der Waals surface area contributed by atoms with E-state index in [-0.39, 0.29) is 22.5 Å². The predicted octanol–water partition coefficient (Wildman–Crippen LogP) is 14.6. The molecule has 4 nitrogen and oxygen atoms in total. The summed E-state index contributed by atoms with van der Waals surface area (Å²) in [6, 6.07) is 42.9. The van der Waals surface area contributed by atoms with Crippen molar-refractivity contribution in [3.63, 3.8) is 0 Å². The van der Waals surface area contributed by atoms with E-state index >= 15 is 22.0 Å². The van der Waals surface area contributed by atoms with E-state index in [1.54, 1.807) is 33.4 Å². The molecule has 58 heavy (non-hydrogen) atoms.